The molecular formula is C13H18N4O2. The Morgan fingerprint density at radius 2 is 2.05 bits per heavy atom. The van der Waals surface area contributed by atoms with Crippen molar-refractivity contribution in [3.8, 4) is 0 Å². The quantitative estimate of drug-likeness (QED) is 0.861. The summed E-state index contributed by atoms with van der Waals surface area (Å²) >= 11 is 0. The summed E-state index contributed by atoms with van der Waals surface area (Å²) in [5.74, 6) is 0.445. The number of carboxylic acid groups (broad SMARTS) is 1. The number of hydrogen-bond donors (Lipinski definition) is 1. The molecule has 1 aromatic rings. The molecule has 0 bridgehead atoms. The number of piperazine rings is 1. The van der Waals surface area contributed by atoms with Gasteiger partial charge in [-0.2, -0.15) is 0 Å². The van der Waals surface area contributed by atoms with Gasteiger partial charge < -0.3 is 10.0 Å². The van der Waals surface area contributed by atoms with E-state index in [9.17, 15) is 4.79 Å². The van der Waals surface area contributed by atoms with Gasteiger partial charge in [0.15, 0.2) is 5.69 Å². The van der Waals surface area contributed by atoms with Crippen LogP contribution in [-0.4, -0.2) is 58.7 Å². The largest absolute Gasteiger partial charge is 0.477 e. The van der Waals surface area contributed by atoms with Gasteiger partial charge in [0.05, 0.1) is 0 Å². The Hall–Kier alpha value is -1.69. The Balaban J connectivity index is 1.60. The summed E-state index contributed by atoms with van der Waals surface area (Å²) in [6, 6.07) is 1.43. The lowest BCUT2D eigenvalue weighted by atomic mass is 10.3. The number of anilines is 1. The number of aromatic carboxylic acids is 1. The lowest BCUT2D eigenvalue weighted by Crippen LogP contribution is -2.47. The zero-order valence-electron chi connectivity index (χ0n) is 10.8. The number of carbonyl (C=O) groups is 1. The van der Waals surface area contributed by atoms with Crippen LogP contribution in [0.4, 0.5) is 5.95 Å². The molecule has 1 aliphatic heterocycles. The summed E-state index contributed by atoms with van der Waals surface area (Å²) in [5.41, 5.74) is 0.0606. The third-order valence-corrected chi connectivity index (χ3v) is 3.73. The molecule has 6 heteroatoms. The van der Waals surface area contributed by atoms with Gasteiger partial charge in [0.2, 0.25) is 5.95 Å². The summed E-state index contributed by atoms with van der Waals surface area (Å²) < 4.78 is 0. The summed E-state index contributed by atoms with van der Waals surface area (Å²) in [6.45, 7) is 4.98. The molecule has 2 fully saturated rings. The smallest absolute Gasteiger partial charge is 0.354 e. The standard InChI is InChI=1S/C13H18N4O2/c18-12(19)11-3-4-14-13(15-11)17-7-5-16(6-8-17)9-10-1-2-10/h3-4,10H,1-2,5-9H2,(H,18,19). The molecule has 102 valence electrons. The minimum atomic E-state index is -1.00. The van der Waals surface area contributed by atoms with Crippen molar-refractivity contribution in [3.63, 3.8) is 0 Å². The van der Waals surface area contributed by atoms with Gasteiger partial charge in [0.25, 0.3) is 0 Å². The Morgan fingerprint density at radius 1 is 1.32 bits per heavy atom. The third-order valence-electron chi connectivity index (χ3n) is 3.73. The molecule has 1 saturated carbocycles. The molecule has 0 amide bonds. The van der Waals surface area contributed by atoms with Crippen LogP contribution in [-0.2, 0) is 0 Å². The van der Waals surface area contributed by atoms with Crippen molar-refractivity contribution in [2.45, 2.75) is 12.8 Å². The Labute approximate surface area is 112 Å². The second-order valence-electron chi connectivity index (χ2n) is 5.28. The first-order chi connectivity index (χ1) is 9.22. The minimum Gasteiger partial charge on any atom is -0.477 e. The maximum atomic E-state index is 10.9. The van der Waals surface area contributed by atoms with Crippen LogP contribution in [0.15, 0.2) is 12.3 Å². The van der Waals surface area contributed by atoms with Crippen LogP contribution >= 0.6 is 0 Å². The summed E-state index contributed by atoms with van der Waals surface area (Å²) in [4.78, 5) is 23.7. The third kappa shape index (κ3) is 3.01. The molecule has 1 aromatic heterocycles. The first-order valence-electron chi connectivity index (χ1n) is 6.76. The molecule has 2 heterocycles. The van der Waals surface area contributed by atoms with Crippen LogP contribution < -0.4 is 4.90 Å². The Kier molecular flexibility index (Phi) is 3.33. The fourth-order valence-electron chi connectivity index (χ4n) is 2.42. The molecular weight excluding hydrogens is 244 g/mol. The van der Waals surface area contributed by atoms with Crippen LogP contribution in [0.5, 0.6) is 0 Å². The number of rotatable bonds is 4. The molecule has 0 radical (unpaired) electrons. The highest BCUT2D eigenvalue weighted by molar-refractivity contribution is 5.85. The van der Waals surface area contributed by atoms with Gasteiger partial charge in [0.1, 0.15) is 0 Å². The van der Waals surface area contributed by atoms with Gasteiger partial charge in [-0.15, -0.1) is 0 Å². The predicted octanol–water partition coefficient (Wildman–Crippen LogP) is 0.707. The summed E-state index contributed by atoms with van der Waals surface area (Å²) in [7, 11) is 0. The van der Waals surface area contributed by atoms with Crippen LogP contribution in [0, 0.1) is 5.92 Å². The monoisotopic (exact) mass is 262 g/mol. The van der Waals surface area contributed by atoms with Crippen molar-refractivity contribution in [1.82, 2.24) is 14.9 Å². The normalized spacial score (nSPS) is 20.5. The maximum absolute atomic E-state index is 10.9. The lowest BCUT2D eigenvalue weighted by molar-refractivity contribution is 0.0690. The van der Waals surface area contributed by atoms with E-state index in [0.29, 0.717) is 5.95 Å². The summed E-state index contributed by atoms with van der Waals surface area (Å²) in [6.07, 6.45) is 4.27. The minimum absolute atomic E-state index is 0.0606. The van der Waals surface area contributed by atoms with Gasteiger partial charge in [-0.05, 0) is 24.8 Å². The maximum Gasteiger partial charge on any atom is 0.354 e. The van der Waals surface area contributed by atoms with Gasteiger partial charge in [-0.1, -0.05) is 0 Å². The van der Waals surface area contributed by atoms with E-state index in [0.717, 1.165) is 32.1 Å². The van der Waals surface area contributed by atoms with E-state index in [1.54, 1.807) is 0 Å². The van der Waals surface area contributed by atoms with E-state index in [-0.39, 0.29) is 5.69 Å². The van der Waals surface area contributed by atoms with Crippen molar-refractivity contribution in [2.24, 2.45) is 5.92 Å². The average molecular weight is 262 g/mol. The highest BCUT2D eigenvalue weighted by Crippen LogP contribution is 2.30. The highest BCUT2D eigenvalue weighted by Gasteiger charge is 2.27. The van der Waals surface area contributed by atoms with Crippen molar-refractivity contribution >= 4 is 11.9 Å². The average Bonchev–Trinajstić information content (AvgIpc) is 3.24. The van der Waals surface area contributed by atoms with Crippen molar-refractivity contribution in [3.05, 3.63) is 18.0 Å². The van der Waals surface area contributed by atoms with E-state index < -0.39 is 5.97 Å². The van der Waals surface area contributed by atoms with E-state index >= 15 is 0 Å². The number of aromatic nitrogens is 2. The Morgan fingerprint density at radius 3 is 2.68 bits per heavy atom. The van der Waals surface area contributed by atoms with E-state index in [4.69, 9.17) is 5.11 Å². The first-order valence-corrected chi connectivity index (χ1v) is 6.76. The molecule has 0 unspecified atom stereocenters. The topological polar surface area (TPSA) is 69.6 Å². The second kappa shape index (κ2) is 5.13. The molecule has 0 spiro atoms. The summed E-state index contributed by atoms with van der Waals surface area (Å²) in [5, 5.41) is 8.94. The number of hydrogen-bond acceptors (Lipinski definition) is 5. The fraction of sp³-hybridized carbons (Fsp3) is 0.615. The molecule has 3 rings (SSSR count). The van der Waals surface area contributed by atoms with Crippen LogP contribution in [0.3, 0.4) is 0 Å². The predicted molar refractivity (Wildman–Crippen MR) is 70.4 cm³/mol. The molecule has 1 aliphatic carbocycles. The molecule has 19 heavy (non-hydrogen) atoms. The molecule has 1 N–H and O–H groups in total. The molecule has 1 saturated heterocycles. The highest BCUT2D eigenvalue weighted by atomic mass is 16.4. The van der Waals surface area contributed by atoms with E-state index in [1.165, 1.54) is 31.6 Å². The second-order valence-corrected chi connectivity index (χ2v) is 5.28. The van der Waals surface area contributed by atoms with Gasteiger partial charge in [-0.3, -0.25) is 4.90 Å². The number of nitrogens with zero attached hydrogens (tertiary/aromatic N) is 4. The fourth-order valence-corrected chi connectivity index (χ4v) is 2.42. The number of carboxylic acids is 1. The van der Waals surface area contributed by atoms with Crippen LogP contribution in [0.25, 0.3) is 0 Å². The molecule has 6 nitrogen and oxygen atoms in total. The van der Waals surface area contributed by atoms with Crippen molar-refractivity contribution in [2.75, 3.05) is 37.6 Å². The molecule has 0 aromatic carbocycles. The lowest BCUT2D eigenvalue weighted by Gasteiger charge is -2.34. The van der Waals surface area contributed by atoms with Crippen molar-refractivity contribution in [1.29, 1.82) is 0 Å². The van der Waals surface area contributed by atoms with Crippen LogP contribution in [0.2, 0.25) is 0 Å². The van der Waals surface area contributed by atoms with Crippen LogP contribution in [0.1, 0.15) is 23.3 Å². The first kappa shape index (κ1) is 12.3. The van der Waals surface area contributed by atoms with E-state index in [1.807, 2.05) is 0 Å². The molecule has 2 aliphatic rings. The van der Waals surface area contributed by atoms with Gasteiger partial charge in [-0.25, -0.2) is 14.8 Å². The SMILES string of the molecule is O=C(O)c1ccnc(N2CCN(CC3CC3)CC2)n1. The van der Waals surface area contributed by atoms with Crippen molar-refractivity contribution < 1.29 is 9.90 Å². The zero-order chi connectivity index (χ0) is 13.2. The Bertz CT molecular complexity index is 467. The van der Waals surface area contributed by atoms with Gasteiger partial charge >= 0.3 is 5.97 Å². The van der Waals surface area contributed by atoms with Gasteiger partial charge in [0, 0.05) is 38.9 Å². The van der Waals surface area contributed by atoms with E-state index in [2.05, 4.69) is 19.8 Å². The molecule has 0 atom stereocenters. The zero-order valence-corrected chi connectivity index (χ0v) is 10.8.